The first kappa shape index (κ1) is 38.9. The van der Waals surface area contributed by atoms with Gasteiger partial charge in [-0.25, -0.2) is 0 Å². The second kappa shape index (κ2) is 17.2. The van der Waals surface area contributed by atoms with Crippen LogP contribution >= 0.6 is 34.0 Å². The molecule has 5 aromatic rings. The molecule has 5 aromatic heterocycles. The van der Waals surface area contributed by atoms with Crippen LogP contribution in [0.2, 0.25) is 0 Å². The normalized spacial score (nSPS) is 15.9. The average Bonchev–Trinajstić information content (AvgIpc) is 4.02. The second-order valence-corrected chi connectivity index (χ2v) is 18.6. The van der Waals surface area contributed by atoms with Gasteiger partial charge in [0.05, 0.1) is 40.9 Å². The van der Waals surface area contributed by atoms with E-state index in [0.29, 0.717) is 11.8 Å². The van der Waals surface area contributed by atoms with Gasteiger partial charge in [-0.15, -0.1) is 34.0 Å². The molecule has 2 unspecified atom stereocenters. The fourth-order valence-electron chi connectivity index (χ4n) is 8.77. The Bertz CT molecular complexity index is 2350. The number of thiophene rings is 3. The Morgan fingerprint density at radius 3 is 1.38 bits per heavy atom. The summed E-state index contributed by atoms with van der Waals surface area (Å²) in [6.07, 6.45) is 19.2. The van der Waals surface area contributed by atoms with Crippen molar-refractivity contribution < 1.29 is 0 Å². The summed E-state index contributed by atoms with van der Waals surface area (Å²) < 4.78 is 10.8. The lowest BCUT2D eigenvalue weighted by atomic mass is 9.92. The summed E-state index contributed by atoms with van der Waals surface area (Å²) in [6, 6.07) is 13.4. The Balaban J connectivity index is 1.48. The molecule has 0 saturated carbocycles. The van der Waals surface area contributed by atoms with Crippen LogP contribution in [0.4, 0.5) is 0 Å². The van der Waals surface area contributed by atoms with Gasteiger partial charge in [0, 0.05) is 22.8 Å². The lowest BCUT2D eigenvalue weighted by Gasteiger charge is -2.19. The Labute approximate surface area is 337 Å². The van der Waals surface area contributed by atoms with Crippen molar-refractivity contribution in [2.45, 2.75) is 131 Å². The van der Waals surface area contributed by atoms with Crippen LogP contribution in [0.15, 0.2) is 46.6 Å². The highest BCUT2D eigenvalue weighted by molar-refractivity contribution is 7.34. The molecule has 0 aromatic carbocycles. The molecule has 0 fully saturated rings. The zero-order chi connectivity index (χ0) is 38.6. The highest BCUT2D eigenvalue weighted by Gasteiger charge is 2.29. The molecule has 0 bridgehead atoms. The minimum atomic E-state index is 0.240. The maximum Gasteiger partial charge on any atom is 0.132 e. The lowest BCUT2D eigenvalue weighted by Crippen LogP contribution is -2.12. The fraction of sp³-hybridized carbons (Fsp3) is 0.478. The number of hydrogen-bond donors (Lipinski definition) is 0. The average molecular weight is 783 g/mol. The van der Waals surface area contributed by atoms with Crippen LogP contribution in [0.1, 0.15) is 127 Å². The van der Waals surface area contributed by atoms with Crippen molar-refractivity contribution in [2.24, 2.45) is 11.8 Å². The fourth-order valence-corrected chi connectivity index (χ4v) is 12.8. The monoisotopic (exact) mass is 782 g/mol. The summed E-state index contributed by atoms with van der Waals surface area (Å²) in [4.78, 5) is 2.51. The third kappa shape index (κ3) is 7.36. The minimum Gasteiger partial charge on any atom is -0.337 e. The highest BCUT2D eigenvalue weighted by Crippen LogP contribution is 2.52. The van der Waals surface area contributed by atoms with Crippen molar-refractivity contribution in [3.8, 4) is 24.3 Å². The van der Waals surface area contributed by atoms with E-state index in [1.54, 1.807) is 0 Å². The zero-order valence-electron chi connectivity index (χ0n) is 32.7. The first-order valence-electron chi connectivity index (χ1n) is 20.4. The smallest absolute Gasteiger partial charge is 0.132 e. The maximum atomic E-state index is 9.64. The third-order valence-electron chi connectivity index (χ3n) is 12.0. The van der Waals surface area contributed by atoms with Crippen LogP contribution in [0.3, 0.4) is 0 Å². The molecular formula is C46H50N6S3. The van der Waals surface area contributed by atoms with E-state index in [1.165, 1.54) is 100 Å². The van der Waals surface area contributed by atoms with Crippen molar-refractivity contribution >= 4 is 86.0 Å². The molecule has 0 amide bonds. The van der Waals surface area contributed by atoms with Gasteiger partial charge >= 0.3 is 0 Å². The van der Waals surface area contributed by atoms with E-state index < -0.39 is 0 Å². The predicted molar refractivity (Wildman–Crippen MR) is 233 cm³/mol. The summed E-state index contributed by atoms with van der Waals surface area (Å²) >= 11 is 5.74. The van der Waals surface area contributed by atoms with E-state index in [2.05, 4.69) is 85.4 Å². The van der Waals surface area contributed by atoms with E-state index in [1.807, 2.05) is 34.0 Å². The number of allylic oxidation sites excluding steroid dienone is 8. The van der Waals surface area contributed by atoms with Gasteiger partial charge in [0.2, 0.25) is 0 Å². The van der Waals surface area contributed by atoms with Gasteiger partial charge in [-0.1, -0.05) is 78.4 Å². The largest absolute Gasteiger partial charge is 0.337 e. The molecule has 5 heterocycles. The number of fused-ring (bicyclic) bond motifs is 7. The topological polar surface area (TPSA) is 105 Å². The standard InChI is InChI=1S/C46H50N6S3/c1-5-9-13-29(7-3)27-51-37-21-39(33-17-11-15-31(19-33)35(23-47)24-48)53-43(37)45-41(51)42-46(55-45)44-38(52(42)28-30(8-4)14-10-6-2)22-40(54-44)34-18-12-16-32(20-34)36(25-49)26-50/h19-22,29-30H,5-18,27-28H2,1-4H3. The summed E-state index contributed by atoms with van der Waals surface area (Å²) in [6.45, 7) is 11.3. The summed E-state index contributed by atoms with van der Waals surface area (Å²) in [5.74, 6) is 1.18. The Morgan fingerprint density at radius 2 is 1.02 bits per heavy atom. The first-order valence-corrected chi connectivity index (χ1v) is 22.8. The molecule has 0 saturated heterocycles. The quantitative estimate of drug-likeness (QED) is 0.105. The zero-order valence-corrected chi connectivity index (χ0v) is 35.1. The number of aromatic nitrogens is 2. The molecule has 55 heavy (non-hydrogen) atoms. The van der Waals surface area contributed by atoms with E-state index in [0.717, 1.165) is 75.6 Å². The van der Waals surface area contributed by atoms with Gasteiger partial charge in [-0.3, -0.25) is 0 Å². The van der Waals surface area contributed by atoms with Crippen LogP contribution in [0.5, 0.6) is 0 Å². The second-order valence-electron chi connectivity index (χ2n) is 15.5. The van der Waals surface area contributed by atoms with Gasteiger partial charge in [0.1, 0.15) is 35.4 Å². The van der Waals surface area contributed by atoms with Crippen molar-refractivity contribution in [3.05, 3.63) is 56.3 Å². The predicted octanol–water partition coefficient (Wildman–Crippen LogP) is 14.3. The number of unbranched alkanes of at least 4 members (excludes halogenated alkanes) is 2. The minimum absolute atomic E-state index is 0.240. The van der Waals surface area contributed by atoms with Gasteiger partial charge < -0.3 is 9.13 Å². The summed E-state index contributed by atoms with van der Waals surface area (Å²) in [5.41, 5.74) is 10.1. The molecule has 0 aliphatic heterocycles. The van der Waals surface area contributed by atoms with E-state index in [4.69, 9.17) is 0 Å². The number of hydrogen-bond acceptors (Lipinski definition) is 7. The van der Waals surface area contributed by atoms with Crippen LogP contribution in [-0.4, -0.2) is 9.13 Å². The maximum absolute atomic E-state index is 9.64. The number of nitrogens with zero attached hydrogens (tertiary/aromatic N) is 6. The lowest BCUT2D eigenvalue weighted by molar-refractivity contribution is 0.398. The first-order chi connectivity index (χ1) is 26.9. The SMILES string of the molecule is CCCCC(CC)Cn1c2cc(C3=CC(=C(C#N)C#N)CCC3)sc2c2sc3c4sc(C5=CC(=C(C#N)C#N)CCC5)cc4n(CC(CC)CCCC)c3c21. The number of rotatable bonds is 14. The summed E-state index contributed by atoms with van der Waals surface area (Å²) in [7, 11) is 0. The van der Waals surface area contributed by atoms with Gasteiger partial charge in [0.15, 0.2) is 0 Å². The molecule has 282 valence electrons. The Morgan fingerprint density at radius 1 is 0.600 bits per heavy atom. The van der Waals surface area contributed by atoms with E-state index in [-0.39, 0.29) is 11.1 Å². The van der Waals surface area contributed by atoms with Gasteiger partial charge in [0.25, 0.3) is 0 Å². The van der Waals surface area contributed by atoms with E-state index >= 15 is 0 Å². The van der Waals surface area contributed by atoms with Gasteiger partial charge in [-0.2, -0.15) is 21.0 Å². The molecule has 9 heteroatoms. The summed E-state index contributed by atoms with van der Waals surface area (Å²) in [5, 5.41) is 38.6. The van der Waals surface area contributed by atoms with E-state index in [9.17, 15) is 21.0 Å². The highest BCUT2D eigenvalue weighted by atomic mass is 32.1. The molecule has 6 nitrogen and oxygen atoms in total. The van der Waals surface area contributed by atoms with Crippen LogP contribution < -0.4 is 0 Å². The van der Waals surface area contributed by atoms with Crippen LogP contribution in [0, 0.1) is 57.2 Å². The third-order valence-corrected chi connectivity index (χ3v) is 15.9. The number of nitriles is 4. The molecule has 0 radical (unpaired) electrons. The van der Waals surface area contributed by atoms with Crippen molar-refractivity contribution in [1.82, 2.24) is 9.13 Å². The Kier molecular flexibility index (Phi) is 12.1. The van der Waals surface area contributed by atoms with Crippen LogP contribution in [0.25, 0.3) is 52.0 Å². The molecule has 0 N–H and O–H groups in total. The molecular weight excluding hydrogens is 733 g/mol. The van der Waals surface area contributed by atoms with Crippen molar-refractivity contribution in [2.75, 3.05) is 0 Å². The van der Waals surface area contributed by atoms with Crippen molar-refractivity contribution in [3.63, 3.8) is 0 Å². The molecule has 0 spiro atoms. The molecule has 2 atom stereocenters. The van der Waals surface area contributed by atoms with Crippen LogP contribution in [-0.2, 0) is 13.1 Å². The molecule has 2 aliphatic rings. The van der Waals surface area contributed by atoms with Gasteiger partial charge in [-0.05, 0) is 97.6 Å². The van der Waals surface area contributed by atoms with Crippen molar-refractivity contribution in [1.29, 1.82) is 21.0 Å². The molecule has 2 aliphatic carbocycles. The Hall–Kier alpha value is -4.38. The molecule has 7 rings (SSSR count).